The fraction of sp³-hybridized carbons (Fsp3) is 0.259. The minimum atomic E-state index is -4.58. The molecule has 4 aromatic rings. The first kappa shape index (κ1) is 26.6. The molecule has 0 saturated heterocycles. The number of imidazole rings is 1. The van der Waals surface area contributed by atoms with Crippen LogP contribution in [0, 0.1) is 0 Å². The van der Waals surface area contributed by atoms with E-state index in [1.54, 1.807) is 41.0 Å². The molecule has 0 fully saturated rings. The molecule has 0 aliphatic rings. The minimum absolute atomic E-state index is 0.0238. The third kappa shape index (κ3) is 5.93. The summed E-state index contributed by atoms with van der Waals surface area (Å²) in [6, 6.07) is 14.2. The van der Waals surface area contributed by atoms with Gasteiger partial charge in [0.2, 0.25) is 5.78 Å². The molecule has 4 rings (SSSR count). The van der Waals surface area contributed by atoms with Gasteiger partial charge in [0.1, 0.15) is 11.5 Å². The van der Waals surface area contributed by atoms with Crippen LogP contribution in [0.25, 0.3) is 11.2 Å². The van der Waals surface area contributed by atoms with Crippen LogP contribution >= 0.6 is 0 Å². The number of hydrogen-bond donors (Lipinski definition) is 1. The number of carboxylic acids is 1. The monoisotopic (exact) mass is 527 g/mol. The number of nitrogens with zero attached hydrogens (tertiary/aromatic N) is 3. The Balaban J connectivity index is 1.49. The Kier molecular flexibility index (Phi) is 7.38. The van der Waals surface area contributed by atoms with Crippen LogP contribution in [0.2, 0.25) is 0 Å². The third-order valence-electron chi connectivity index (χ3n) is 5.67. The van der Waals surface area contributed by atoms with Crippen LogP contribution in [0.1, 0.15) is 42.0 Å². The molecule has 11 heteroatoms. The molecule has 0 aliphatic heterocycles. The molecule has 2 heterocycles. The zero-order valence-electron chi connectivity index (χ0n) is 20.5. The molecule has 8 nitrogen and oxygen atoms in total. The van der Waals surface area contributed by atoms with Crippen LogP contribution in [0.3, 0.4) is 0 Å². The topological polar surface area (TPSA) is 104 Å². The number of fused-ring (bicyclic) bond motifs is 1. The van der Waals surface area contributed by atoms with Crippen molar-refractivity contribution in [2.75, 3.05) is 6.61 Å². The van der Waals surface area contributed by atoms with E-state index >= 15 is 0 Å². The van der Waals surface area contributed by atoms with Gasteiger partial charge >= 0.3 is 12.1 Å². The summed E-state index contributed by atoms with van der Waals surface area (Å²) >= 11 is 0. The molecule has 2 aromatic carbocycles. The molecule has 0 amide bonds. The summed E-state index contributed by atoms with van der Waals surface area (Å²) in [5.74, 6) is -0.997. The number of hydrogen-bond acceptors (Lipinski definition) is 6. The summed E-state index contributed by atoms with van der Waals surface area (Å²) < 4.78 is 52.5. The highest BCUT2D eigenvalue weighted by molar-refractivity contribution is 6.08. The number of carbonyl (C=O) groups excluding carboxylic acids is 1. The highest BCUT2D eigenvalue weighted by Crippen LogP contribution is 2.30. The molecule has 0 bridgehead atoms. The van der Waals surface area contributed by atoms with E-state index in [0.717, 1.165) is 12.1 Å². The first-order chi connectivity index (χ1) is 18.0. The van der Waals surface area contributed by atoms with Crippen molar-refractivity contribution in [1.82, 2.24) is 14.5 Å². The number of alkyl halides is 3. The molecule has 2 aromatic heterocycles. The van der Waals surface area contributed by atoms with E-state index in [4.69, 9.17) is 9.47 Å². The summed E-state index contributed by atoms with van der Waals surface area (Å²) in [4.78, 5) is 33.0. The first-order valence-electron chi connectivity index (χ1n) is 11.6. The zero-order chi connectivity index (χ0) is 27.5. The summed E-state index contributed by atoms with van der Waals surface area (Å²) in [5.41, 5.74) is -1.61. The number of halogens is 3. The molecule has 1 N–H and O–H groups in total. The maximum Gasteiger partial charge on any atom is 0.416 e. The molecule has 0 saturated carbocycles. The van der Waals surface area contributed by atoms with Crippen LogP contribution in [0.5, 0.6) is 11.5 Å². The quantitative estimate of drug-likeness (QED) is 0.218. The van der Waals surface area contributed by atoms with Crippen molar-refractivity contribution >= 4 is 22.9 Å². The average Bonchev–Trinajstić information content (AvgIpc) is 3.24. The number of ether oxygens (including phenoxy) is 2. The van der Waals surface area contributed by atoms with E-state index < -0.39 is 29.1 Å². The highest BCUT2D eigenvalue weighted by Gasteiger charge is 2.32. The van der Waals surface area contributed by atoms with E-state index in [1.807, 2.05) is 0 Å². The largest absolute Gasteiger partial charge is 0.493 e. The van der Waals surface area contributed by atoms with Crippen LogP contribution in [-0.2, 0) is 17.5 Å². The Morgan fingerprint density at radius 2 is 1.74 bits per heavy atom. The molecule has 0 aliphatic carbocycles. The van der Waals surface area contributed by atoms with Crippen LogP contribution in [-0.4, -0.2) is 43.6 Å². The van der Waals surface area contributed by atoms with Crippen LogP contribution < -0.4 is 9.47 Å². The number of pyridine rings is 1. The summed E-state index contributed by atoms with van der Waals surface area (Å²) in [6.45, 7) is 3.38. The number of carbonyl (C=O) groups is 2. The molecule has 0 spiro atoms. The van der Waals surface area contributed by atoms with Crippen molar-refractivity contribution in [2.24, 2.45) is 0 Å². The molecule has 0 unspecified atom stereocenters. The average molecular weight is 527 g/mol. The lowest BCUT2D eigenvalue weighted by Crippen LogP contribution is -2.37. The fourth-order valence-corrected chi connectivity index (χ4v) is 3.70. The van der Waals surface area contributed by atoms with E-state index in [1.165, 1.54) is 32.2 Å². The Morgan fingerprint density at radius 1 is 1.00 bits per heavy atom. The normalized spacial score (nSPS) is 11.9. The van der Waals surface area contributed by atoms with E-state index in [-0.39, 0.29) is 24.5 Å². The SMILES string of the molecule is CC(C)(Oc1cccc(OCCCn2c(C(=O)c3cccc(C(F)(F)F)c3)nc3ncccc32)c1)C(=O)O. The maximum absolute atomic E-state index is 13.2. The lowest BCUT2D eigenvalue weighted by atomic mass is 10.1. The number of aliphatic carboxylic acids is 1. The number of carboxylic acid groups (broad SMARTS) is 1. The lowest BCUT2D eigenvalue weighted by Gasteiger charge is -2.21. The molecular weight excluding hydrogens is 503 g/mol. The van der Waals surface area contributed by atoms with Crippen molar-refractivity contribution in [3.8, 4) is 11.5 Å². The lowest BCUT2D eigenvalue weighted by molar-refractivity contribution is -0.152. The van der Waals surface area contributed by atoms with Crippen molar-refractivity contribution < 1.29 is 37.3 Å². The highest BCUT2D eigenvalue weighted by atomic mass is 19.4. The van der Waals surface area contributed by atoms with Gasteiger partial charge in [0.15, 0.2) is 17.1 Å². The Morgan fingerprint density at radius 3 is 2.47 bits per heavy atom. The fourth-order valence-electron chi connectivity index (χ4n) is 3.70. The number of ketones is 1. The van der Waals surface area contributed by atoms with Gasteiger partial charge < -0.3 is 19.1 Å². The summed E-state index contributed by atoms with van der Waals surface area (Å²) in [5, 5.41) is 9.25. The zero-order valence-corrected chi connectivity index (χ0v) is 20.5. The number of aromatic nitrogens is 3. The van der Waals surface area contributed by atoms with Crippen molar-refractivity contribution in [2.45, 2.75) is 38.6 Å². The van der Waals surface area contributed by atoms with Gasteiger partial charge in [-0.2, -0.15) is 13.2 Å². The molecule has 0 radical (unpaired) electrons. The second-order valence-electron chi connectivity index (χ2n) is 8.94. The summed E-state index contributed by atoms with van der Waals surface area (Å²) in [6.07, 6.45) is -2.64. The predicted octanol–water partition coefficient (Wildman–Crippen LogP) is 5.39. The second-order valence-corrected chi connectivity index (χ2v) is 8.94. The Bertz CT molecular complexity index is 1480. The van der Waals surface area contributed by atoms with Gasteiger partial charge in [-0.3, -0.25) is 4.79 Å². The summed E-state index contributed by atoms with van der Waals surface area (Å²) in [7, 11) is 0. The number of aryl methyl sites for hydroxylation is 1. The van der Waals surface area contributed by atoms with Gasteiger partial charge in [-0.25, -0.2) is 14.8 Å². The predicted molar refractivity (Wildman–Crippen MR) is 131 cm³/mol. The smallest absolute Gasteiger partial charge is 0.416 e. The van der Waals surface area contributed by atoms with E-state index in [9.17, 15) is 27.9 Å². The number of benzene rings is 2. The molecule has 198 valence electrons. The number of rotatable bonds is 10. The Labute approximate surface area is 215 Å². The van der Waals surface area contributed by atoms with E-state index in [0.29, 0.717) is 29.1 Å². The van der Waals surface area contributed by atoms with Gasteiger partial charge in [0, 0.05) is 24.4 Å². The third-order valence-corrected chi connectivity index (χ3v) is 5.67. The van der Waals surface area contributed by atoms with Crippen molar-refractivity contribution in [3.63, 3.8) is 0 Å². The second kappa shape index (κ2) is 10.5. The van der Waals surface area contributed by atoms with Crippen molar-refractivity contribution in [1.29, 1.82) is 0 Å². The maximum atomic E-state index is 13.2. The van der Waals surface area contributed by atoms with Gasteiger partial charge in [-0.15, -0.1) is 0 Å². The van der Waals surface area contributed by atoms with Gasteiger partial charge in [0.25, 0.3) is 0 Å². The Hall–Kier alpha value is -4.41. The van der Waals surface area contributed by atoms with Crippen LogP contribution in [0.15, 0.2) is 66.9 Å². The van der Waals surface area contributed by atoms with Gasteiger partial charge in [-0.05, 0) is 56.7 Å². The van der Waals surface area contributed by atoms with Crippen LogP contribution in [0.4, 0.5) is 13.2 Å². The van der Waals surface area contributed by atoms with Gasteiger partial charge in [-0.1, -0.05) is 18.2 Å². The van der Waals surface area contributed by atoms with Gasteiger partial charge in [0.05, 0.1) is 17.7 Å². The van der Waals surface area contributed by atoms with Crippen molar-refractivity contribution in [3.05, 3.63) is 83.8 Å². The van der Waals surface area contributed by atoms with E-state index in [2.05, 4.69) is 9.97 Å². The molecule has 38 heavy (non-hydrogen) atoms. The first-order valence-corrected chi connectivity index (χ1v) is 11.6. The minimum Gasteiger partial charge on any atom is -0.493 e. The standard InChI is InChI=1S/C27H24F3N3O5/c1-26(2,25(35)36)38-20-10-4-9-19(16-20)37-14-6-13-33-21-11-5-12-31-23(21)32-24(33)22(34)17-7-3-8-18(15-17)27(28,29)30/h3-5,7-12,15-16H,6,13-14H2,1-2H3,(H,35,36). The molecular formula is C27H24F3N3O5. The molecule has 0 atom stereocenters.